The number of amides is 2. The number of rotatable bonds is 15. The minimum absolute atomic E-state index is 0.0356. The van der Waals surface area contributed by atoms with Gasteiger partial charge >= 0.3 is 0 Å². The van der Waals surface area contributed by atoms with Gasteiger partial charge in [-0.1, -0.05) is 60.7 Å². The highest BCUT2D eigenvalue weighted by Crippen LogP contribution is 2.14. The number of hydrogen-bond donors (Lipinski definition) is 5. The number of pyridine rings is 2. The first-order chi connectivity index (χ1) is 20.0. The fraction of sp³-hybridized carbons (Fsp3) is 0.250. The fourth-order valence-electron chi connectivity index (χ4n) is 4.53. The molecule has 2 aromatic carbocycles. The summed E-state index contributed by atoms with van der Waals surface area (Å²) in [5.74, 6) is -0.454. The van der Waals surface area contributed by atoms with E-state index in [0.717, 1.165) is 22.5 Å². The molecule has 4 aromatic rings. The van der Waals surface area contributed by atoms with Crippen LogP contribution in [0.3, 0.4) is 0 Å². The van der Waals surface area contributed by atoms with Gasteiger partial charge in [0.25, 0.3) is 0 Å². The summed E-state index contributed by atoms with van der Waals surface area (Å²) in [6.45, 7) is 0.102. The van der Waals surface area contributed by atoms with Gasteiger partial charge in [-0.3, -0.25) is 19.6 Å². The average Bonchev–Trinajstić information content (AvgIpc) is 3.01. The monoisotopic (exact) mass is 552 g/mol. The van der Waals surface area contributed by atoms with Crippen LogP contribution in [0.1, 0.15) is 17.5 Å². The number of aliphatic hydroxyl groups is 1. The maximum absolute atomic E-state index is 12.9. The van der Waals surface area contributed by atoms with E-state index in [1.54, 1.807) is 36.9 Å². The zero-order valence-corrected chi connectivity index (χ0v) is 22.8. The number of carbonyl (C=O) groups excluding carboxylic acids is 2. The molecule has 5 N–H and O–H groups in total. The first-order valence-electron chi connectivity index (χ1n) is 13.7. The molecule has 0 radical (unpaired) electrons. The second kappa shape index (κ2) is 15.7. The summed E-state index contributed by atoms with van der Waals surface area (Å²) in [6.07, 6.45) is 6.93. The van der Waals surface area contributed by atoms with Gasteiger partial charge in [-0.15, -0.1) is 0 Å². The van der Waals surface area contributed by atoms with Crippen molar-refractivity contribution in [3.05, 3.63) is 121 Å². The third-order valence-corrected chi connectivity index (χ3v) is 6.55. The van der Waals surface area contributed by atoms with Gasteiger partial charge in [0.2, 0.25) is 11.8 Å². The van der Waals surface area contributed by atoms with Crippen molar-refractivity contribution in [3.63, 3.8) is 0 Å². The van der Waals surface area contributed by atoms with Crippen molar-refractivity contribution in [1.29, 1.82) is 0 Å². The third kappa shape index (κ3) is 10.4. The highest BCUT2D eigenvalue weighted by atomic mass is 16.3. The Labute approximate surface area is 240 Å². The normalized spacial score (nSPS) is 12.9. The largest absolute Gasteiger partial charge is 0.391 e. The maximum atomic E-state index is 12.9. The Balaban J connectivity index is 1.43. The zero-order chi connectivity index (χ0) is 28.7. The molecule has 0 aliphatic rings. The van der Waals surface area contributed by atoms with E-state index in [1.807, 2.05) is 72.8 Å². The smallest absolute Gasteiger partial charge is 0.239 e. The molecule has 2 amide bonds. The standard InChI is InChI=1S/C32H36N6O3/c39-30(29(18-25-11-5-2-6-12-25)38-32(41)23-36-27-14-8-16-34-21-27)19-28(17-24-9-3-1-4-10-24)37-31(40)22-35-26-13-7-15-33-20-26/h1-16,20-21,28-30,35-36,39H,17-19,22-23H2,(H,37,40)(H,38,41)/t28-,29-,30-/m0/s1. The number of hydrogen-bond acceptors (Lipinski definition) is 7. The minimum Gasteiger partial charge on any atom is -0.391 e. The summed E-state index contributed by atoms with van der Waals surface area (Å²) in [6, 6.07) is 25.9. The molecule has 9 heteroatoms. The molecule has 0 aliphatic heterocycles. The lowest BCUT2D eigenvalue weighted by Gasteiger charge is -2.29. The molecule has 2 heterocycles. The van der Waals surface area contributed by atoms with Gasteiger partial charge in [0, 0.05) is 30.8 Å². The number of aliphatic hydroxyl groups excluding tert-OH is 1. The van der Waals surface area contributed by atoms with E-state index in [2.05, 4.69) is 31.2 Å². The van der Waals surface area contributed by atoms with Gasteiger partial charge in [0.15, 0.2) is 0 Å². The zero-order valence-electron chi connectivity index (χ0n) is 22.8. The molecule has 212 valence electrons. The van der Waals surface area contributed by atoms with E-state index in [1.165, 1.54) is 0 Å². The molecule has 0 saturated heterocycles. The Morgan fingerprint density at radius 2 is 1.17 bits per heavy atom. The fourth-order valence-corrected chi connectivity index (χ4v) is 4.53. The average molecular weight is 553 g/mol. The lowest BCUT2D eigenvalue weighted by Crippen LogP contribution is -2.50. The number of benzene rings is 2. The maximum Gasteiger partial charge on any atom is 0.239 e. The lowest BCUT2D eigenvalue weighted by atomic mass is 9.93. The summed E-state index contributed by atoms with van der Waals surface area (Å²) in [5.41, 5.74) is 3.50. The van der Waals surface area contributed by atoms with Gasteiger partial charge < -0.3 is 26.4 Å². The molecular weight excluding hydrogens is 516 g/mol. The van der Waals surface area contributed by atoms with Crippen LogP contribution in [0.15, 0.2) is 110 Å². The van der Waals surface area contributed by atoms with Gasteiger partial charge in [-0.05, 0) is 54.7 Å². The Morgan fingerprint density at radius 1 is 0.659 bits per heavy atom. The van der Waals surface area contributed by atoms with Crippen molar-refractivity contribution in [3.8, 4) is 0 Å². The van der Waals surface area contributed by atoms with E-state index in [4.69, 9.17) is 0 Å². The van der Waals surface area contributed by atoms with Crippen molar-refractivity contribution < 1.29 is 14.7 Å². The molecule has 41 heavy (non-hydrogen) atoms. The van der Waals surface area contributed by atoms with E-state index in [-0.39, 0.29) is 37.4 Å². The van der Waals surface area contributed by atoms with Crippen molar-refractivity contribution in [2.24, 2.45) is 0 Å². The van der Waals surface area contributed by atoms with Crippen LogP contribution in [0.2, 0.25) is 0 Å². The summed E-state index contributed by atoms with van der Waals surface area (Å²) >= 11 is 0. The SMILES string of the molecule is O=C(CNc1cccnc1)N[C@@H](Cc1ccccc1)C[C@H](O)[C@H](Cc1ccccc1)NC(=O)CNc1cccnc1. The molecule has 0 unspecified atom stereocenters. The van der Waals surface area contributed by atoms with E-state index < -0.39 is 12.1 Å². The number of aromatic nitrogens is 2. The van der Waals surface area contributed by atoms with E-state index >= 15 is 0 Å². The van der Waals surface area contributed by atoms with Crippen LogP contribution in [-0.2, 0) is 22.4 Å². The Bertz CT molecular complexity index is 1330. The second-order valence-electron chi connectivity index (χ2n) is 9.81. The number of nitrogens with one attached hydrogen (secondary N) is 4. The summed E-state index contributed by atoms with van der Waals surface area (Å²) in [4.78, 5) is 33.9. The van der Waals surface area contributed by atoms with Gasteiger partial charge in [-0.2, -0.15) is 0 Å². The number of nitrogens with zero attached hydrogens (tertiary/aromatic N) is 2. The predicted octanol–water partition coefficient (Wildman–Crippen LogP) is 3.21. The minimum atomic E-state index is -0.919. The first-order valence-corrected chi connectivity index (χ1v) is 13.7. The third-order valence-electron chi connectivity index (χ3n) is 6.55. The van der Waals surface area contributed by atoms with Crippen LogP contribution in [0.25, 0.3) is 0 Å². The first kappa shape index (κ1) is 29.2. The molecule has 0 aliphatic carbocycles. The lowest BCUT2D eigenvalue weighted by molar-refractivity contribution is -0.122. The Morgan fingerprint density at radius 3 is 1.68 bits per heavy atom. The van der Waals surface area contributed by atoms with E-state index in [0.29, 0.717) is 12.8 Å². The van der Waals surface area contributed by atoms with E-state index in [9.17, 15) is 14.7 Å². The molecule has 0 bridgehead atoms. The molecule has 9 nitrogen and oxygen atoms in total. The van der Waals surface area contributed by atoms with Gasteiger partial charge in [0.1, 0.15) is 0 Å². The summed E-state index contributed by atoms with van der Waals surface area (Å²) in [7, 11) is 0. The van der Waals surface area contributed by atoms with Crippen molar-refractivity contribution >= 4 is 23.2 Å². The van der Waals surface area contributed by atoms with Crippen molar-refractivity contribution in [1.82, 2.24) is 20.6 Å². The molecule has 0 spiro atoms. The second-order valence-corrected chi connectivity index (χ2v) is 9.81. The summed E-state index contributed by atoms with van der Waals surface area (Å²) in [5, 5.41) is 23.7. The Hall–Kier alpha value is -4.76. The van der Waals surface area contributed by atoms with Crippen LogP contribution in [0.4, 0.5) is 11.4 Å². The summed E-state index contributed by atoms with van der Waals surface area (Å²) < 4.78 is 0. The van der Waals surface area contributed by atoms with Crippen LogP contribution in [0.5, 0.6) is 0 Å². The van der Waals surface area contributed by atoms with Crippen molar-refractivity contribution in [2.45, 2.75) is 37.5 Å². The molecule has 2 aromatic heterocycles. The molecule has 0 fully saturated rings. The molecule has 3 atom stereocenters. The van der Waals surface area contributed by atoms with Crippen LogP contribution in [-0.4, -0.2) is 58.2 Å². The molecule has 4 rings (SSSR count). The highest BCUT2D eigenvalue weighted by Gasteiger charge is 2.26. The van der Waals surface area contributed by atoms with Crippen LogP contribution < -0.4 is 21.3 Å². The number of anilines is 2. The predicted molar refractivity (Wildman–Crippen MR) is 160 cm³/mol. The van der Waals surface area contributed by atoms with Crippen molar-refractivity contribution in [2.75, 3.05) is 23.7 Å². The number of carbonyl (C=O) groups is 2. The Kier molecular flexibility index (Phi) is 11.2. The van der Waals surface area contributed by atoms with Crippen LogP contribution >= 0.6 is 0 Å². The quantitative estimate of drug-likeness (QED) is 0.153. The molecular formula is C32H36N6O3. The molecule has 0 saturated carbocycles. The van der Waals surface area contributed by atoms with Gasteiger partial charge in [-0.25, -0.2) is 0 Å². The topological polar surface area (TPSA) is 128 Å². The van der Waals surface area contributed by atoms with Gasteiger partial charge in [0.05, 0.1) is 36.6 Å². The highest BCUT2D eigenvalue weighted by molar-refractivity contribution is 5.81. The van der Waals surface area contributed by atoms with Crippen LogP contribution in [0, 0.1) is 0 Å².